The highest BCUT2D eigenvalue weighted by Crippen LogP contribution is 2.18. The smallest absolute Gasteiger partial charge is 0.307 e. The van der Waals surface area contributed by atoms with Crippen LogP contribution in [0.25, 0.3) is 0 Å². The lowest BCUT2D eigenvalue weighted by Crippen LogP contribution is -2.17. The van der Waals surface area contributed by atoms with Gasteiger partial charge in [0.2, 0.25) is 0 Å². The number of amides is 1. The Bertz CT molecular complexity index is 1160. The van der Waals surface area contributed by atoms with Crippen LogP contribution in [0.1, 0.15) is 38.6 Å². The Morgan fingerprint density at radius 2 is 1.69 bits per heavy atom. The van der Waals surface area contributed by atoms with Crippen molar-refractivity contribution < 1.29 is 17.6 Å². The van der Waals surface area contributed by atoms with Crippen LogP contribution in [0.15, 0.2) is 69.0 Å². The van der Waals surface area contributed by atoms with Crippen molar-refractivity contribution in [2.75, 3.05) is 0 Å². The number of nitrogens with zero attached hydrogens (tertiary/aromatic N) is 1. The number of carbonyl (C=O) groups excluding carboxylic acids is 1. The molecule has 1 N–H and O–H groups in total. The Balaban J connectivity index is 1.66. The fourth-order valence-electron chi connectivity index (χ4n) is 2.81. The van der Waals surface area contributed by atoms with Crippen LogP contribution in [0.4, 0.5) is 0 Å². The average molecular weight is 410 g/mol. The molecule has 0 fully saturated rings. The monoisotopic (exact) mass is 410 g/mol. The van der Waals surface area contributed by atoms with Crippen LogP contribution in [0.2, 0.25) is 0 Å². The fraction of sp³-hybridized carbons (Fsp3) is 0.182. The first-order valence-electron chi connectivity index (χ1n) is 9.04. The van der Waals surface area contributed by atoms with Crippen LogP contribution in [-0.2, 0) is 15.6 Å². The van der Waals surface area contributed by atoms with Gasteiger partial charge in [0, 0.05) is 0 Å². The molecule has 1 amide bonds. The summed E-state index contributed by atoms with van der Waals surface area (Å²) in [5, 5.41) is 3.98. The van der Waals surface area contributed by atoms with Gasteiger partial charge in [-0.15, -0.1) is 0 Å². The van der Waals surface area contributed by atoms with E-state index in [1.54, 1.807) is 24.4 Å². The lowest BCUT2D eigenvalue weighted by Gasteiger charge is -2.05. The molecule has 7 heteroatoms. The molecule has 0 aliphatic carbocycles. The van der Waals surface area contributed by atoms with Crippen molar-refractivity contribution in [3.63, 3.8) is 0 Å². The Hall–Kier alpha value is -3.19. The highest BCUT2D eigenvalue weighted by Gasteiger charge is 2.19. The number of sulfone groups is 1. The topological polar surface area (TPSA) is 88.7 Å². The first-order valence-corrected chi connectivity index (χ1v) is 10.7. The summed E-state index contributed by atoms with van der Waals surface area (Å²) in [4.78, 5) is 12.4. The number of hydrogen-bond acceptors (Lipinski definition) is 5. The van der Waals surface area contributed by atoms with Crippen LogP contribution in [-0.4, -0.2) is 20.5 Å². The lowest BCUT2D eigenvalue weighted by atomic mass is 10.0. The molecule has 6 nitrogen and oxygen atoms in total. The van der Waals surface area contributed by atoms with E-state index < -0.39 is 15.7 Å². The van der Waals surface area contributed by atoms with E-state index >= 15 is 0 Å². The second kappa shape index (κ2) is 8.45. The maximum atomic E-state index is 12.4. The molecule has 0 unspecified atom stereocenters. The summed E-state index contributed by atoms with van der Waals surface area (Å²) < 4.78 is 30.2. The van der Waals surface area contributed by atoms with Gasteiger partial charge in [-0.2, -0.15) is 5.10 Å². The van der Waals surface area contributed by atoms with Gasteiger partial charge in [0.05, 0.1) is 11.1 Å². The maximum Gasteiger partial charge on any atom is 0.307 e. The van der Waals surface area contributed by atoms with Gasteiger partial charge in [-0.3, -0.25) is 4.79 Å². The number of hydrogen-bond donors (Lipinski definition) is 1. The molecule has 0 radical (unpaired) electrons. The summed E-state index contributed by atoms with van der Waals surface area (Å²) >= 11 is 0. The summed E-state index contributed by atoms with van der Waals surface area (Å²) in [6, 6.07) is 15.1. The van der Waals surface area contributed by atoms with Crippen LogP contribution in [0, 0.1) is 20.8 Å². The second-order valence-corrected chi connectivity index (χ2v) is 8.82. The van der Waals surface area contributed by atoms with E-state index in [9.17, 15) is 13.2 Å². The molecule has 2 aromatic carbocycles. The van der Waals surface area contributed by atoms with Crippen molar-refractivity contribution in [3.05, 3.63) is 88.4 Å². The molecule has 0 saturated carbocycles. The van der Waals surface area contributed by atoms with E-state index in [1.165, 1.54) is 29.8 Å². The minimum absolute atomic E-state index is 0.00257. The number of aryl methyl sites for hydroxylation is 3. The number of benzene rings is 2. The molecular weight excluding hydrogens is 388 g/mol. The Morgan fingerprint density at radius 3 is 2.41 bits per heavy atom. The number of nitrogens with one attached hydrogen (secondary N) is 1. The summed E-state index contributed by atoms with van der Waals surface area (Å²) in [7, 11) is -3.55. The van der Waals surface area contributed by atoms with Crippen molar-refractivity contribution in [2.45, 2.75) is 31.4 Å². The van der Waals surface area contributed by atoms with E-state index in [4.69, 9.17) is 4.42 Å². The van der Waals surface area contributed by atoms with E-state index in [0.29, 0.717) is 0 Å². The van der Waals surface area contributed by atoms with Crippen molar-refractivity contribution in [1.82, 2.24) is 5.43 Å². The van der Waals surface area contributed by atoms with Gasteiger partial charge in [0.25, 0.3) is 0 Å². The predicted octanol–water partition coefficient (Wildman–Crippen LogP) is 3.94. The van der Waals surface area contributed by atoms with Crippen molar-refractivity contribution >= 4 is 22.0 Å². The van der Waals surface area contributed by atoms with Gasteiger partial charge in [0.1, 0.15) is 11.5 Å². The van der Waals surface area contributed by atoms with E-state index in [0.717, 1.165) is 16.7 Å². The number of furan rings is 1. The van der Waals surface area contributed by atoms with Crippen LogP contribution >= 0.6 is 0 Å². The SMILES string of the molecule is Cc1cc(C)c(/C=N\NC(=O)c2ccc(CS(=O)(=O)c3ccccc3)o2)cc1C. The molecule has 0 atom stereocenters. The molecule has 0 spiro atoms. The Kier molecular flexibility index (Phi) is 5.98. The van der Waals surface area contributed by atoms with Gasteiger partial charge >= 0.3 is 5.91 Å². The normalized spacial score (nSPS) is 11.7. The van der Waals surface area contributed by atoms with Gasteiger partial charge < -0.3 is 4.42 Å². The molecule has 0 aliphatic heterocycles. The molecule has 29 heavy (non-hydrogen) atoms. The molecular formula is C22H22N2O4S. The van der Waals surface area contributed by atoms with Crippen LogP contribution in [0.3, 0.4) is 0 Å². The van der Waals surface area contributed by atoms with Gasteiger partial charge in [-0.05, 0) is 73.4 Å². The van der Waals surface area contributed by atoms with Crippen molar-refractivity contribution in [3.8, 4) is 0 Å². The van der Waals surface area contributed by atoms with E-state index in [-0.39, 0.29) is 22.2 Å². The third kappa shape index (κ3) is 5.00. The molecule has 3 rings (SSSR count). The minimum atomic E-state index is -3.55. The van der Waals surface area contributed by atoms with E-state index in [2.05, 4.69) is 16.6 Å². The van der Waals surface area contributed by atoms with E-state index in [1.807, 2.05) is 26.8 Å². The molecule has 150 valence electrons. The molecule has 3 aromatic rings. The second-order valence-electron chi connectivity index (χ2n) is 6.83. The van der Waals surface area contributed by atoms with Gasteiger partial charge in [-0.25, -0.2) is 13.8 Å². The molecule has 1 heterocycles. The average Bonchev–Trinajstić information content (AvgIpc) is 3.14. The summed E-state index contributed by atoms with van der Waals surface area (Å²) in [6.45, 7) is 6.03. The maximum absolute atomic E-state index is 12.4. The first-order chi connectivity index (χ1) is 13.8. The third-order valence-corrected chi connectivity index (χ3v) is 6.23. The molecule has 0 aliphatic rings. The number of rotatable bonds is 6. The first kappa shape index (κ1) is 20.5. The summed E-state index contributed by atoms with van der Waals surface area (Å²) in [6.07, 6.45) is 1.57. The van der Waals surface area contributed by atoms with Gasteiger partial charge in [-0.1, -0.05) is 24.3 Å². The quantitative estimate of drug-likeness (QED) is 0.492. The zero-order chi connectivity index (χ0) is 21.0. The summed E-state index contributed by atoms with van der Waals surface area (Å²) in [5.74, 6) is -0.689. The Morgan fingerprint density at radius 1 is 1.00 bits per heavy atom. The Labute approximate surface area is 170 Å². The summed E-state index contributed by atoms with van der Waals surface area (Å²) in [5.41, 5.74) is 6.69. The zero-order valence-corrected chi connectivity index (χ0v) is 17.3. The fourth-order valence-corrected chi connectivity index (χ4v) is 4.08. The number of carbonyl (C=O) groups is 1. The van der Waals surface area contributed by atoms with Crippen LogP contribution in [0.5, 0.6) is 0 Å². The molecule has 1 aromatic heterocycles. The van der Waals surface area contributed by atoms with Crippen molar-refractivity contribution in [1.29, 1.82) is 0 Å². The predicted molar refractivity (Wildman–Crippen MR) is 112 cm³/mol. The van der Waals surface area contributed by atoms with Crippen LogP contribution < -0.4 is 5.43 Å². The lowest BCUT2D eigenvalue weighted by molar-refractivity contribution is 0.0926. The highest BCUT2D eigenvalue weighted by molar-refractivity contribution is 7.90. The third-order valence-electron chi connectivity index (χ3n) is 4.57. The number of hydrazone groups is 1. The minimum Gasteiger partial charge on any atom is -0.455 e. The molecule has 0 bridgehead atoms. The largest absolute Gasteiger partial charge is 0.455 e. The zero-order valence-electron chi connectivity index (χ0n) is 16.5. The standard InChI is InChI=1S/C22H22N2O4S/c1-15-11-17(3)18(12-16(15)2)13-23-24-22(25)21-10-9-19(28-21)14-29(26,27)20-7-5-4-6-8-20/h4-13H,14H2,1-3H3,(H,24,25)/b23-13-. The van der Waals surface area contributed by atoms with Gasteiger partial charge in [0.15, 0.2) is 15.6 Å². The highest BCUT2D eigenvalue weighted by atomic mass is 32.2. The molecule has 0 saturated heterocycles. The van der Waals surface area contributed by atoms with Crippen molar-refractivity contribution in [2.24, 2.45) is 5.10 Å².